The molecule has 2 aromatic heterocycles. The van der Waals surface area contributed by atoms with Gasteiger partial charge in [-0.1, -0.05) is 41.4 Å². The van der Waals surface area contributed by atoms with Gasteiger partial charge >= 0.3 is 0 Å². The number of nitrogens with zero attached hydrogens (tertiary/aromatic N) is 3. The summed E-state index contributed by atoms with van der Waals surface area (Å²) < 4.78 is 7.15. The molecule has 2 heterocycles. The van der Waals surface area contributed by atoms with E-state index in [-0.39, 0.29) is 11.2 Å². The number of thiazole rings is 1. The molecule has 3 aromatic rings. The number of amides is 1. The van der Waals surface area contributed by atoms with Crippen LogP contribution in [0.4, 0.5) is 10.3 Å². The van der Waals surface area contributed by atoms with Crippen molar-refractivity contribution in [3.05, 3.63) is 18.2 Å². The molecule has 0 fully saturated rings. The second kappa shape index (κ2) is 7.98. The van der Waals surface area contributed by atoms with Crippen LogP contribution in [0.25, 0.3) is 10.2 Å². The van der Waals surface area contributed by atoms with E-state index < -0.39 is 0 Å². The van der Waals surface area contributed by atoms with E-state index in [1.807, 2.05) is 32.0 Å². The van der Waals surface area contributed by atoms with Gasteiger partial charge in [0.05, 0.1) is 22.1 Å². The van der Waals surface area contributed by atoms with Crippen LogP contribution in [0.1, 0.15) is 20.3 Å². The number of hydrogen-bond acceptors (Lipinski definition) is 9. The molecule has 0 spiro atoms. The van der Waals surface area contributed by atoms with Gasteiger partial charge in [-0.05, 0) is 31.5 Å². The van der Waals surface area contributed by atoms with Crippen molar-refractivity contribution >= 4 is 60.8 Å². The monoisotopic (exact) mass is 395 g/mol. The number of thioether (sulfide) groups is 1. The molecule has 7 nitrogen and oxygen atoms in total. The van der Waals surface area contributed by atoms with Gasteiger partial charge in [0.2, 0.25) is 11.0 Å². The maximum absolute atomic E-state index is 12.5. The first-order valence-electron chi connectivity index (χ1n) is 7.69. The number of carbonyl (C=O) groups excluding carboxylic acids is 1. The van der Waals surface area contributed by atoms with Crippen LogP contribution in [0.5, 0.6) is 5.75 Å². The van der Waals surface area contributed by atoms with Crippen LogP contribution in [0, 0.1) is 0 Å². The van der Waals surface area contributed by atoms with E-state index in [4.69, 9.17) is 10.5 Å². The Labute approximate surface area is 157 Å². The quantitative estimate of drug-likeness (QED) is 0.589. The number of aromatic nitrogens is 3. The number of nitrogens with two attached hydrogens (primary N) is 1. The Morgan fingerprint density at radius 1 is 1.36 bits per heavy atom. The van der Waals surface area contributed by atoms with Gasteiger partial charge in [-0.2, -0.15) is 0 Å². The molecule has 0 radical (unpaired) electrons. The number of hydrogen-bond donors (Lipinski definition) is 2. The van der Waals surface area contributed by atoms with Gasteiger partial charge < -0.3 is 15.8 Å². The van der Waals surface area contributed by atoms with Crippen molar-refractivity contribution in [1.29, 1.82) is 0 Å². The average Bonchev–Trinajstić information content (AvgIpc) is 3.17. The van der Waals surface area contributed by atoms with Crippen molar-refractivity contribution in [2.24, 2.45) is 0 Å². The van der Waals surface area contributed by atoms with Crippen LogP contribution in [-0.4, -0.2) is 32.9 Å². The molecular formula is C15H17N5O2S3. The second-order valence-electron chi connectivity index (χ2n) is 4.99. The third kappa shape index (κ3) is 4.39. The SMILES string of the molecule is CCOc1ccc2nc(NC(=O)C(CC)Sc3nnc(N)s3)sc2c1. The van der Waals surface area contributed by atoms with E-state index >= 15 is 0 Å². The molecule has 25 heavy (non-hydrogen) atoms. The predicted octanol–water partition coefficient (Wildman–Crippen LogP) is 3.64. The fourth-order valence-electron chi connectivity index (χ4n) is 2.11. The lowest BCUT2D eigenvalue weighted by atomic mass is 10.3. The number of nitrogens with one attached hydrogen (secondary N) is 1. The van der Waals surface area contributed by atoms with Crippen LogP contribution in [0.15, 0.2) is 22.5 Å². The minimum Gasteiger partial charge on any atom is -0.494 e. The largest absolute Gasteiger partial charge is 0.494 e. The summed E-state index contributed by atoms with van der Waals surface area (Å²) in [6, 6.07) is 5.70. The van der Waals surface area contributed by atoms with Gasteiger partial charge in [-0.25, -0.2) is 4.98 Å². The Morgan fingerprint density at radius 3 is 2.88 bits per heavy atom. The highest BCUT2D eigenvalue weighted by atomic mass is 32.2. The zero-order valence-electron chi connectivity index (χ0n) is 13.7. The molecule has 0 saturated carbocycles. The van der Waals surface area contributed by atoms with Crippen molar-refractivity contribution in [1.82, 2.24) is 15.2 Å². The molecule has 3 N–H and O–H groups in total. The number of benzene rings is 1. The Morgan fingerprint density at radius 2 is 2.20 bits per heavy atom. The molecule has 0 aliphatic carbocycles. The molecule has 0 aliphatic heterocycles. The summed E-state index contributed by atoms with van der Waals surface area (Å²) in [6.07, 6.45) is 0.662. The molecule has 1 unspecified atom stereocenters. The number of nitrogen functional groups attached to an aromatic ring is 1. The van der Waals surface area contributed by atoms with Gasteiger partial charge in [0, 0.05) is 0 Å². The first-order chi connectivity index (χ1) is 12.1. The fraction of sp³-hybridized carbons (Fsp3) is 0.333. The van der Waals surface area contributed by atoms with Gasteiger partial charge in [0.25, 0.3) is 0 Å². The van der Waals surface area contributed by atoms with E-state index in [1.165, 1.54) is 34.4 Å². The van der Waals surface area contributed by atoms with Gasteiger partial charge in [0.1, 0.15) is 5.75 Å². The van der Waals surface area contributed by atoms with E-state index in [1.54, 1.807) is 0 Å². The average molecular weight is 396 g/mol. The minimum absolute atomic E-state index is 0.106. The molecule has 0 aliphatic rings. The topological polar surface area (TPSA) is 103 Å². The van der Waals surface area contributed by atoms with Crippen LogP contribution in [0.2, 0.25) is 0 Å². The molecule has 1 amide bonds. The molecule has 0 bridgehead atoms. The highest BCUT2D eigenvalue weighted by molar-refractivity contribution is 8.02. The molecule has 1 atom stereocenters. The summed E-state index contributed by atoms with van der Waals surface area (Å²) in [7, 11) is 0. The summed E-state index contributed by atoms with van der Waals surface area (Å²) in [4.78, 5) is 17.0. The van der Waals surface area contributed by atoms with E-state index in [2.05, 4.69) is 20.5 Å². The maximum Gasteiger partial charge on any atom is 0.239 e. The molecule has 1 aromatic carbocycles. The number of anilines is 2. The summed E-state index contributed by atoms with van der Waals surface area (Å²) in [5, 5.41) is 11.3. The molecule has 0 saturated heterocycles. The van der Waals surface area contributed by atoms with Gasteiger partial charge in [-0.3, -0.25) is 4.79 Å². The zero-order valence-corrected chi connectivity index (χ0v) is 16.1. The van der Waals surface area contributed by atoms with E-state index in [0.717, 1.165) is 16.0 Å². The summed E-state index contributed by atoms with van der Waals surface area (Å²) in [5.41, 5.74) is 6.42. The van der Waals surface area contributed by atoms with Crippen LogP contribution in [-0.2, 0) is 4.79 Å². The predicted molar refractivity (Wildman–Crippen MR) is 104 cm³/mol. The van der Waals surface area contributed by atoms with E-state index in [0.29, 0.717) is 27.6 Å². The van der Waals surface area contributed by atoms with Crippen molar-refractivity contribution < 1.29 is 9.53 Å². The second-order valence-corrected chi connectivity index (χ2v) is 8.48. The number of ether oxygens (including phenoxy) is 1. The van der Waals surface area contributed by atoms with Crippen molar-refractivity contribution in [2.45, 2.75) is 29.9 Å². The summed E-state index contributed by atoms with van der Waals surface area (Å²) in [6.45, 7) is 4.50. The van der Waals surface area contributed by atoms with E-state index in [9.17, 15) is 4.79 Å². The van der Waals surface area contributed by atoms with Crippen LogP contribution >= 0.6 is 34.4 Å². The van der Waals surface area contributed by atoms with Gasteiger partial charge in [-0.15, -0.1) is 10.2 Å². The minimum atomic E-state index is -0.279. The molecular weight excluding hydrogens is 378 g/mol. The number of fused-ring (bicyclic) bond motifs is 1. The Balaban J connectivity index is 1.71. The molecule has 10 heteroatoms. The smallest absolute Gasteiger partial charge is 0.239 e. The molecule has 3 rings (SSSR count). The van der Waals surface area contributed by atoms with Crippen molar-refractivity contribution in [3.8, 4) is 5.75 Å². The Kier molecular flexibility index (Phi) is 5.71. The highest BCUT2D eigenvalue weighted by Crippen LogP contribution is 2.32. The standard InChI is InChI=1S/C15H17N5O2S3/c1-3-10(24-15-20-19-13(16)25-15)12(21)18-14-17-9-6-5-8(22-4-2)7-11(9)23-14/h5-7,10H,3-4H2,1-2H3,(H2,16,19)(H,17,18,21). The molecule has 132 valence electrons. The van der Waals surface area contributed by atoms with Crippen molar-refractivity contribution in [2.75, 3.05) is 17.7 Å². The lowest BCUT2D eigenvalue weighted by molar-refractivity contribution is -0.115. The normalized spacial score (nSPS) is 12.2. The van der Waals surface area contributed by atoms with Gasteiger partial charge in [0.15, 0.2) is 9.47 Å². The lowest BCUT2D eigenvalue weighted by Crippen LogP contribution is -2.24. The Hall–Kier alpha value is -1.91. The maximum atomic E-state index is 12.5. The summed E-state index contributed by atoms with van der Waals surface area (Å²) >= 11 is 4.07. The third-order valence-electron chi connectivity index (χ3n) is 3.23. The Bertz CT molecular complexity index is 879. The highest BCUT2D eigenvalue weighted by Gasteiger charge is 2.21. The zero-order chi connectivity index (χ0) is 17.8. The fourth-order valence-corrected chi connectivity index (χ4v) is 4.81. The first kappa shape index (κ1) is 17.9. The number of carbonyl (C=O) groups is 1. The third-order valence-corrected chi connectivity index (χ3v) is 6.36. The summed E-state index contributed by atoms with van der Waals surface area (Å²) in [5.74, 6) is 0.692. The van der Waals surface area contributed by atoms with Crippen molar-refractivity contribution in [3.63, 3.8) is 0 Å². The van der Waals surface area contributed by atoms with Crippen LogP contribution < -0.4 is 15.8 Å². The number of rotatable bonds is 7. The lowest BCUT2D eigenvalue weighted by Gasteiger charge is -2.11. The van der Waals surface area contributed by atoms with Crippen LogP contribution in [0.3, 0.4) is 0 Å². The first-order valence-corrected chi connectivity index (χ1v) is 10.2.